The lowest BCUT2D eigenvalue weighted by Gasteiger charge is -2.41. The van der Waals surface area contributed by atoms with Crippen molar-refractivity contribution in [2.75, 3.05) is 13.1 Å². The van der Waals surface area contributed by atoms with E-state index >= 15 is 0 Å². The molecule has 3 rings (SSSR count). The highest BCUT2D eigenvalue weighted by molar-refractivity contribution is 5.89. The third kappa shape index (κ3) is 3.76. The summed E-state index contributed by atoms with van der Waals surface area (Å²) in [6, 6.07) is 7.65. The van der Waals surface area contributed by atoms with Crippen LogP contribution in [0.5, 0.6) is 0 Å². The quantitative estimate of drug-likeness (QED) is 0.784. The summed E-state index contributed by atoms with van der Waals surface area (Å²) in [7, 11) is 2.00. The molecule has 0 radical (unpaired) electrons. The molecule has 0 spiro atoms. The predicted octanol–water partition coefficient (Wildman–Crippen LogP) is 2.71. The molecule has 0 aliphatic carbocycles. The van der Waals surface area contributed by atoms with Crippen LogP contribution in [0.15, 0.2) is 30.5 Å². The van der Waals surface area contributed by atoms with E-state index in [0.717, 1.165) is 23.0 Å². The molecule has 5 nitrogen and oxygen atoms in total. The van der Waals surface area contributed by atoms with Crippen LogP contribution >= 0.6 is 0 Å². The summed E-state index contributed by atoms with van der Waals surface area (Å²) in [5.41, 5.74) is 1.63. The molecule has 25 heavy (non-hydrogen) atoms. The summed E-state index contributed by atoms with van der Waals surface area (Å²) in [4.78, 5) is 26.9. The highest BCUT2D eigenvalue weighted by Crippen LogP contribution is 2.24. The van der Waals surface area contributed by atoms with Crippen molar-refractivity contribution in [1.29, 1.82) is 0 Å². The number of ketones is 1. The Labute approximate surface area is 148 Å². The minimum atomic E-state index is -0.495. The Morgan fingerprint density at radius 3 is 2.80 bits per heavy atom. The summed E-state index contributed by atoms with van der Waals surface area (Å²) >= 11 is 0. The van der Waals surface area contributed by atoms with Gasteiger partial charge in [0.15, 0.2) is 0 Å². The van der Waals surface area contributed by atoms with Crippen molar-refractivity contribution >= 4 is 22.7 Å². The zero-order chi connectivity index (χ0) is 18.2. The Morgan fingerprint density at radius 2 is 2.08 bits per heavy atom. The van der Waals surface area contributed by atoms with E-state index in [4.69, 9.17) is 4.74 Å². The van der Waals surface area contributed by atoms with E-state index in [0.29, 0.717) is 13.0 Å². The number of cyclic esters (lactones) is 1. The first-order valence-corrected chi connectivity index (χ1v) is 8.81. The molecule has 2 heterocycles. The van der Waals surface area contributed by atoms with Crippen LogP contribution in [0.3, 0.4) is 0 Å². The number of morpholine rings is 1. The van der Waals surface area contributed by atoms with E-state index in [-0.39, 0.29) is 18.2 Å². The second-order valence-electron chi connectivity index (χ2n) is 7.50. The number of carbonyl (C=O) groups excluding carboxylic acids is 2. The van der Waals surface area contributed by atoms with Gasteiger partial charge in [-0.25, -0.2) is 0 Å². The molecule has 1 aliphatic heterocycles. The Kier molecular flexibility index (Phi) is 4.69. The minimum absolute atomic E-state index is 0.0652. The van der Waals surface area contributed by atoms with Crippen LogP contribution in [0.1, 0.15) is 32.8 Å². The van der Waals surface area contributed by atoms with Crippen molar-refractivity contribution in [3.63, 3.8) is 0 Å². The lowest BCUT2D eigenvalue weighted by atomic mass is 9.98. The van der Waals surface area contributed by atoms with Crippen molar-refractivity contribution in [3.8, 4) is 0 Å². The Bertz CT molecular complexity index is 806. The second kappa shape index (κ2) is 6.64. The molecule has 134 valence electrons. The van der Waals surface area contributed by atoms with Crippen molar-refractivity contribution < 1.29 is 14.3 Å². The number of carbonyl (C=O) groups is 2. The van der Waals surface area contributed by atoms with Crippen LogP contribution in [0, 0.1) is 0 Å². The van der Waals surface area contributed by atoms with E-state index in [2.05, 4.69) is 4.57 Å². The number of Topliss-reactive ketones (excluding diaryl/α,β-unsaturated/α-hetero) is 1. The fraction of sp³-hybridized carbons (Fsp3) is 0.500. The van der Waals surface area contributed by atoms with Crippen molar-refractivity contribution in [2.24, 2.45) is 7.05 Å². The van der Waals surface area contributed by atoms with E-state index < -0.39 is 11.6 Å². The van der Waals surface area contributed by atoms with Gasteiger partial charge in [-0.3, -0.25) is 14.5 Å². The number of ether oxygens (including phenoxy) is 1. The molecule has 2 aromatic rings. The summed E-state index contributed by atoms with van der Waals surface area (Å²) in [6.07, 6.45) is 2.56. The largest absolute Gasteiger partial charge is 0.457 e. The maximum Gasteiger partial charge on any atom is 0.324 e. The summed E-state index contributed by atoms with van der Waals surface area (Å²) < 4.78 is 7.55. The van der Waals surface area contributed by atoms with E-state index in [1.165, 1.54) is 0 Å². The fourth-order valence-electron chi connectivity index (χ4n) is 3.62. The number of aromatic nitrogens is 1. The summed E-state index contributed by atoms with van der Waals surface area (Å²) in [6.45, 7) is 7.20. The van der Waals surface area contributed by atoms with Gasteiger partial charge < -0.3 is 9.30 Å². The number of fused-ring (bicyclic) bond motifs is 1. The van der Waals surface area contributed by atoms with Crippen LogP contribution in [0.4, 0.5) is 0 Å². The Morgan fingerprint density at radius 1 is 1.32 bits per heavy atom. The van der Waals surface area contributed by atoms with Gasteiger partial charge in [0.1, 0.15) is 17.4 Å². The molecule has 0 amide bonds. The standard InChI is InChI=1S/C20H26N2O3/c1-5-22-13-20(2,3)25-19(24)18(22)12-16(23)11-14-6-7-17-15(10-14)8-9-21(17)4/h6-10,18H,5,11-13H2,1-4H3. The van der Waals surface area contributed by atoms with Crippen LogP contribution in [0.2, 0.25) is 0 Å². The predicted molar refractivity (Wildman–Crippen MR) is 97.5 cm³/mol. The molecule has 0 N–H and O–H groups in total. The van der Waals surface area contributed by atoms with Crippen molar-refractivity contribution in [2.45, 2.75) is 45.3 Å². The average Bonchev–Trinajstić information content (AvgIpc) is 2.90. The lowest BCUT2D eigenvalue weighted by molar-refractivity contribution is -0.178. The van der Waals surface area contributed by atoms with Crippen molar-refractivity contribution in [1.82, 2.24) is 9.47 Å². The smallest absolute Gasteiger partial charge is 0.324 e. The first-order valence-electron chi connectivity index (χ1n) is 8.81. The SMILES string of the molecule is CCN1CC(C)(C)OC(=O)C1CC(=O)Cc1ccc2c(ccn2C)c1. The normalized spacial score (nSPS) is 20.6. The van der Waals surface area contributed by atoms with E-state index in [9.17, 15) is 9.59 Å². The number of benzene rings is 1. The van der Waals surface area contributed by atoms with Gasteiger partial charge in [-0.2, -0.15) is 0 Å². The third-order valence-electron chi connectivity index (χ3n) is 4.85. The van der Waals surface area contributed by atoms with Crippen LogP contribution in [0.25, 0.3) is 10.9 Å². The van der Waals surface area contributed by atoms with Gasteiger partial charge >= 0.3 is 5.97 Å². The zero-order valence-corrected chi connectivity index (χ0v) is 15.4. The van der Waals surface area contributed by atoms with E-state index in [1.54, 1.807) is 0 Å². The maximum atomic E-state index is 12.6. The highest BCUT2D eigenvalue weighted by Gasteiger charge is 2.40. The highest BCUT2D eigenvalue weighted by atomic mass is 16.6. The molecule has 1 aromatic carbocycles. The van der Waals surface area contributed by atoms with Gasteiger partial charge in [0.05, 0.1) is 0 Å². The van der Waals surface area contributed by atoms with Gasteiger partial charge in [-0.1, -0.05) is 13.0 Å². The number of hydrogen-bond acceptors (Lipinski definition) is 4. The number of likely N-dealkylation sites (N-methyl/N-ethyl adjacent to an activating group) is 1. The molecule has 1 aromatic heterocycles. The first kappa shape index (κ1) is 17.7. The average molecular weight is 342 g/mol. The molecule has 1 saturated heterocycles. The number of hydrogen-bond donors (Lipinski definition) is 0. The van der Waals surface area contributed by atoms with Gasteiger partial charge in [-0.05, 0) is 49.5 Å². The lowest BCUT2D eigenvalue weighted by Crippen LogP contribution is -2.57. The zero-order valence-electron chi connectivity index (χ0n) is 15.4. The number of esters is 1. The Balaban J connectivity index is 1.69. The molecule has 1 atom stereocenters. The number of rotatable bonds is 5. The molecule has 1 aliphatic rings. The molecular formula is C20H26N2O3. The van der Waals surface area contributed by atoms with Crippen molar-refractivity contribution in [3.05, 3.63) is 36.0 Å². The first-order chi connectivity index (χ1) is 11.8. The van der Waals surface area contributed by atoms with Gasteiger partial charge in [0.2, 0.25) is 0 Å². The summed E-state index contributed by atoms with van der Waals surface area (Å²) in [5, 5.41) is 1.13. The third-order valence-corrected chi connectivity index (χ3v) is 4.85. The minimum Gasteiger partial charge on any atom is -0.457 e. The monoisotopic (exact) mass is 342 g/mol. The second-order valence-corrected chi connectivity index (χ2v) is 7.50. The topological polar surface area (TPSA) is 51.5 Å². The molecule has 0 saturated carbocycles. The van der Waals surface area contributed by atoms with Gasteiger partial charge in [-0.15, -0.1) is 0 Å². The van der Waals surface area contributed by atoms with Gasteiger partial charge in [0, 0.05) is 38.1 Å². The molecule has 1 fully saturated rings. The Hall–Kier alpha value is -2.14. The molecular weight excluding hydrogens is 316 g/mol. The van der Waals surface area contributed by atoms with Crippen LogP contribution < -0.4 is 0 Å². The maximum absolute atomic E-state index is 12.6. The van der Waals surface area contributed by atoms with E-state index in [1.807, 2.05) is 63.2 Å². The fourth-order valence-corrected chi connectivity index (χ4v) is 3.62. The number of nitrogens with zero attached hydrogens (tertiary/aromatic N) is 2. The molecule has 0 bridgehead atoms. The summed E-state index contributed by atoms with van der Waals surface area (Å²) in [5.74, 6) is -0.222. The number of aryl methyl sites for hydroxylation is 1. The van der Waals surface area contributed by atoms with Gasteiger partial charge in [0.25, 0.3) is 0 Å². The van der Waals surface area contributed by atoms with Crippen LogP contribution in [-0.4, -0.2) is 46.0 Å². The molecule has 1 unspecified atom stereocenters. The molecule has 5 heteroatoms. The van der Waals surface area contributed by atoms with Crippen LogP contribution in [-0.2, 0) is 27.8 Å².